The fourth-order valence-electron chi connectivity index (χ4n) is 4.29. The number of hydrogen-bond donors (Lipinski definition) is 5. The second-order valence-corrected chi connectivity index (χ2v) is 8.31. The largest absolute Gasteiger partial charge is 0.385 e. The first kappa shape index (κ1) is 21.3. The summed E-state index contributed by atoms with van der Waals surface area (Å²) >= 11 is 0. The van der Waals surface area contributed by atoms with Crippen LogP contribution in [0, 0.1) is 6.92 Å². The maximum Gasteiger partial charge on any atom is 0.255 e. The minimum atomic E-state index is -0.222. The number of anilines is 1. The van der Waals surface area contributed by atoms with Crippen molar-refractivity contribution < 1.29 is 9.59 Å². The summed E-state index contributed by atoms with van der Waals surface area (Å²) in [5.41, 5.74) is 11.7. The average molecular weight is 452 g/mol. The van der Waals surface area contributed by atoms with E-state index in [0.717, 1.165) is 38.6 Å². The van der Waals surface area contributed by atoms with Crippen molar-refractivity contribution in [2.24, 2.45) is 0 Å². The number of aromatic nitrogens is 2. The molecule has 0 unspecified atom stereocenters. The number of nitrogens with one attached hydrogen (secondary N) is 4. The van der Waals surface area contributed by atoms with Gasteiger partial charge in [0, 0.05) is 40.6 Å². The molecule has 0 radical (unpaired) electrons. The number of carbonyl (C=O) groups is 2. The summed E-state index contributed by atoms with van der Waals surface area (Å²) in [4.78, 5) is 31.8. The zero-order chi connectivity index (χ0) is 23.7. The van der Waals surface area contributed by atoms with E-state index >= 15 is 0 Å². The molecule has 0 aliphatic heterocycles. The van der Waals surface area contributed by atoms with Gasteiger partial charge in [-0.2, -0.15) is 0 Å². The summed E-state index contributed by atoms with van der Waals surface area (Å²) in [7, 11) is 0. The molecule has 7 heteroatoms. The number of para-hydroxylation sites is 2. The first-order valence-electron chi connectivity index (χ1n) is 11.1. The zero-order valence-corrected chi connectivity index (χ0v) is 18.7. The maximum absolute atomic E-state index is 12.8. The molecule has 0 fully saturated rings. The molecule has 2 aromatic heterocycles. The van der Waals surface area contributed by atoms with Crippen LogP contribution >= 0.6 is 0 Å². The molecule has 2 heterocycles. The van der Waals surface area contributed by atoms with Gasteiger partial charge in [-0.1, -0.05) is 60.7 Å². The second-order valence-electron chi connectivity index (χ2n) is 8.31. The summed E-state index contributed by atoms with van der Waals surface area (Å²) in [6.45, 7) is 2.69. The minimum Gasteiger partial charge on any atom is -0.385 e. The van der Waals surface area contributed by atoms with Gasteiger partial charge in [0.1, 0.15) is 5.82 Å². The van der Waals surface area contributed by atoms with Crippen LogP contribution in [-0.4, -0.2) is 21.8 Å². The lowest BCUT2D eigenvalue weighted by atomic mass is 10.1. The molecule has 0 bridgehead atoms. The molecule has 3 aromatic carbocycles. The van der Waals surface area contributed by atoms with Crippen molar-refractivity contribution in [2.45, 2.75) is 20.0 Å². The topological polar surface area (TPSA) is 116 Å². The fraction of sp³-hybridized carbons (Fsp3) is 0.111. The number of H-pyrrole nitrogens is 2. The van der Waals surface area contributed by atoms with Crippen LogP contribution in [0.4, 0.5) is 5.82 Å². The van der Waals surface area contributed by atoms with Crippen molar-refractivity contribution in [3.8, 4) is 0 Å². The highest BCUT2D eigenvalue weighted by atomic mass is 16.2. The first-order chi connectivity index (χ1) is 16.5. The summed E-state index contributed by atoms with van der Waals surface area (Å²) in [6.07, 6.45) is 0. The van der Waals surface area contributed by atoms with E-state index in [1.807, 2.05) is 79.7 Å². The fourth-order valence-corrected chi connectivity index (χ4v) is 4.29. The molecule has 0 aliphatic carbocycles. The number of aryl methyl sites for hydroxylation is 1. The lowest BCUT2D eigenvalue weighted by molar-refractivity contribution is 0.0944. The Kier molecular flexibility index (Phi) is 5.51. The molecule has 7 nitrogen and oxygen atoms in total. The molecular formula is C27H25N5O2. The Bertz CT molecular complexity index is 1400. The lowest BCUT2D eigenvalue weighted by Crippen LogP contribution is -2.24. The number of benzene rings is 3. The molecule has 34 heavy (non-hydrogen) atoms. The highest BCUT2D eigenvalue weighted by Crippen LogP contribution is 2.24. The van der Waals surface area contributed by atoms with Gasteiger partial charge < -0.3 is 26.3 Å². The molecular weight excluding hydrogens is 426 g/mol. The highest BCUT2D eigenvalue weighted by molar-refractivity contribution is 6.11. The number of nitrogens with two attached hydrogens (primary N) is 1. The molecule has 5 aromatic rings. The smallest absolute Gasteiger partial charge is 0.255 e. The van der Waals surface area contributed by atoms with Crippen LogP contribution in [0.5, 0.6) is 0 Å². The maximum atomic E-state index is 12.8. The van der Waals surface area contributed by atoms with E-state index in [-0.39, 0.29) is 11.8 Å². The van der Waals surface area contributed by atoms with E-state index in [0.29, 0.717) is 30.0 Å². The lowest BCUT2D eigenvalue weighted by Gasteiger charge is -2.08. The van der Waals surface area contributed by atoms with Gasteiger partial charge in [-0.25, -0.2) is 0 Å². The van der Waals surface area contributed by atoms with Crippen molar-refractivity contribution >= 4 is 39.4 Å². The van der Waals surface area contributed by atoms with Crippen molar-refractivity contribution in [3.05, 3.63) is 101 Å². The van der Waals surface area contributed by atoms with Gasteiger partial charge in [-0.15, -0.1) is 0 Å². The van der Waals surface area contributed by atoms with Crippen LogP contribution in [0.1, 0.15) is 37.5 Å². The van der Waals surface area contributed by atoms with Crippen molar-refractivity contribution in [3.63, 3.8) is 0 Å². The quantitative estimate of drug-likeness (QED) is 0.263. The predicted octanol–water partition coefficient (Wildman–Crippen LogP) is 4.40. The number of fused-ring (bicyclic) bond motifs is 2. The standard InChI is InChI=1S/C27H25N5O2/c1-16-23(19-6-2-4-8-21(19)31-16)26(33)29-14-17-10-12-18(13-11-17)15-30-27(34)24-20-7-3-5-9-22(20)32-25(24)28/h2-13,31-32H,14-15,28H2,1H3,(H,29,33)(H,30,34). The molecule has 5 rings (SSSR count). The van der Waals surface area contributed by atoms with Crippen LogP contribution in [0.3, 0.4) is 0 Å². The Morgan fingerprint density at radius 2 is 1.18 bits per heavy atom. The number of aromatic amines is 2. The number of amides is 2. The average Bonchev–Trinajstić information content (AvgIpc) is 3.36. The van der Waals surface area contributed by atoms with Gasteiger partial charge in [0.25, 0.3) is 11.8 Å². The van der Waals surface area contributed by atoms with Crippen LogP contribution in [0.2, 0.25) is 0 Å². The first-order valence-corrected chi connectivity index (χ1v) is 11.1. The van der Waals surface area contributed by atoms with Crippen molar-refractivity contribution in [2.75, 3.05) is 5.73 Å². The van der Waals surface area contributed by atoms with E-state index in [4.69, 9.17) is 5.73 Å². The van der Waals surface area contributed by atoms with Crippen LogP contribution in [0.25, 0.3) is 21.8 Å². The van der Waals surface area contributed by atoms with E-state index in [9.17, 15) is 9.59 Å². The number of hydrogen-bond acceptors (Lipinski definition) is 3. The minimum absolute atomic E-state index is 0.109. The Hall–Kier alpha value is -4.52. The number of nitrogen functional groups attached to an aromatic ring is 1. The van der Waals surface area contributed by atoms with Gasteiger partial charge in [-0.05, 0) is 30.2 Å². The predicted molar refractivity (Wildman–Crippen MR) is 135 cm³/mol. The molecule has 0 saturated heterocycles. The van der Waals surface area contributed by atoms with Crippen LogP contribution < -0.4 is 16.4 Å². The summed E-state index contributed by atoms with van der Waals surface area (Å²) < 4.78 is 0. The SMILES string of the molecule is Cc1[nH]c2ccccc2c1C(=O)NCc1ccc(CNC(=O)c2c(N)[nH]c3ccccc23)cc1. The second kappa shape index (κ2) is 8.78. The van der Waals surface area contributed by atoms with E-state index in [1.54, 1.807) is 0 Å². The van der Waals surface area contributed by atoms with Gasteiger partial charge in [0.2, 0.25) is 0 Å². The third-order valence-electron chi connectivity index (χ3n) is 6.01. The molecule has 0 atom stereocenters. The molecule has 0 aliphatic rings. The molecule has 0 saturated carbocycles. The van der Waals surface area contributed by atoms with Crippen LogP contribution in [-0.2, 0) is 13.1 Å². The molecule has 170 valence electrons. The normalized spacial score (nSPS) is 11.1. The Labute approximate surface area is 196 Å². The van der Waals surface area contributed by atoms with Gasteiger partial charge in [0.15, 0.2) is 0 Å². The summed E-state index contributed by atoms with van der Waals surface area (Å²) in [5.74, 6) is 0.0261. The third kappa shape index (κ3) is 3.99. The van der Waals surface area contributed by atoms with E-state index in [1.165, 1.54) is 0 Å². The Morgan fingerprint density at radius 1 is 0.706 bits per heavy atom. The van der Waals surface area contributed by atoms with E-state index < -0.39 is 0 Å². The van der Waals surface area contributed by atoms with E-state index in [2.05, 4.69) is 20.6 Å². The number of carbonyl (C=O) groups excluding carboxylic acids is 2. The monoisotopic (exact) mass is 451 g/mol. The van der Waals surface area contributed by atoms with Crippen LogP contribution in [0.15, 0.2) is 72.8 Å². The third-order valence-corrected chi connectivity index (χ3v) is 6.01. The zero-order valence-electron chi connectivity index (χ0n) is 18.7. The molecule has 2 amide bonds. The van der Waals surface area contributed by atoms with Crippen molar-refractivity contribution in [1.29, 1.82) is 0 Å². The van der Waals surface area contributed by atoms with Crippen molar-refractivity contribution in [1.82, 2.24) is 20.6 Å². The number of rotatable bonds is 6. The van der Waals surface area contributed by atoms with Gasteiger partial charge in [-0.3, -0.25) is 9.59 Å². The molecule has 0 spiro atoms. The Balaban J connectivity index is 1.20. The Morgan fingerprint density at radius 3 is 1.76 bits per heavy atom. The van der Waals surface area contributed by atoms with Gasteiger partial charge in [0.05, 0.1) is 11.1 Å². The molecule has 6 N–H and O–H groups in total. The summed E-state index contributed by atoms with van der Waals surface area (Å²) in [5, 5.41) is 7.65. The summed E-state index contributed by atoms with van der Waals surface area (Å²) in [6, 6.07) is 23.1. The van der Waals surface area contributed by atoms with Gasteiger partial charge >= 0.3 is 0 Å². The highest BCUT2D eigenvalue weighted by Gasteiger charge is 2.17.